The molecule has 0 saturated carbocycles. The summed E-state index contributed by atoms with van der Waals surface area (Å²) in [5.41, 5.74) is 5.91. The van der Waals surface area contributed by atoms with Crippen LogP contribution in [-0.2, 0) is 9.53 Å². The number of carbonyl (C=O) groups excluding carboxylic acids is 1. The maximum absolute atomic E-state index is 11.6. The molecule has 1 saturated heterocycles. The number of piperidine rings is 1. The number of amides is 1. The minimum Gasteiger partial charge on any atom is -0.385 e. The van der Waals surface area contributed by atoms with Crippen molar-refractivity contribution in [1.82, 2.24) is 4.90 Å². The molecular formula is C10H20N2O2. The molecule has 4 heteroatoms. The normalized spacial score (nSPS) is 28.2. The van der Waals surface area contributed by atoms with E-state index < -0.39 is 0 Å². The third-order valence-electron chi connectivity index (χ3n) is 2.79. The number of rotatable bonds is 4. The van der Waals surface area contributed by atoms with Crippen LogP contribution >= 0.6 is 0 Å². The second-order valence-corrected chi connectivity index (χ2v) is 4.03. The van der Waals surface area contributed by atoms with E-state index in [9.17, 15) is 4.79 Å². The van der Waals surface area contributed by atoms with Crippen LogP contribution in [0.15, 0.2) is 0 Å². The molecule has 0 spiro atoms. The molecule has 1 fully saturated rings. The number of carbonyl (C=O) groups is 1. The Morgan fingerprint density at radius 1 is 1.64 bits per heavy atom. The average Bonchev–Trinajstić information content (AvgIpc) is 2.14. The van der Waals surface area contributed by atoms with Crippen molar-refractivity contribution in [2.75, 3.05) is 26.8 Å². The van der Waals surface area contributed by atoms with Gasteiger partial charge in [0.1, 0.15) is 0 Å². The maximum Gasteiger partial charge on any atom is 0.222 e. The summed E-state index contributed by atoms with van der Waals surface area (Å²) in [6.45, 7) is 4.21. The SMILES string of the molecule is COCCCN1CC(N)C(C)CC1=O. The van der Waals surface area contributed by atoms with Gasteiger partial charge < -0.3 is 15.4 Å². The van der Waals surface area contributed by atoms with E-state index in [1.807, 2.05) is 11.8 Å². The highest BCUT2D eigenvalue weighted by Crippen LogP contribution is 2.16. The van der Waals surface area contributed by atoms with Crippen LogP contribution in [0.5, 0.6) is 0 Å². The van der Waals surface area contributed by atoms with Gasteiger partial charge in [-0.15, -0.1) is 0 Å². The summed E-state index contributed by atoms with van der Waals surface area (Å²) in [5.74, 6) is 0.552. The van der Waals surface area contributed by atoms with Crippen molar-refractivity contribution in [3.8, 4) is 0 Å². The predicted molar refractivity (Wildman–Crippen MR) is 54.8 cm³/mol. The van der Waals surface area contributed by atoms with Gasteiger partial charge in [0.25, 0.3) is 0 Å². The van der Waals surface area contributed by atoms with E-state index in [1.54, 1.807) is 7.11 Å². The van der Waals surface area contributed by atoms with E-state index in [1.165, 1.54) is 0 Å². The molecule has 0 bridgehead atoms. The van der Waals surface area contributed by atoms with Crippen molar-refractivity contribution in [2.24, 2.45) is 11.7 Å². The van der Waals surface area contributed by atoms with E-state index in [0.29, 0.717) is 25.5 Å². The first-order valence-corrected chi connectivity index (χ1v) is 5.17. The molecule has 1 heterocycles. The van der Waals surface area contributed by atoms with Crippen molar-refractivity contribution in [3.63, 3.8) is 0 Å². The Bertz CT molecular complexity index is 197. The maximum atomic E-state index is 11.6. The summed E-state index contributed by atoms with van der Waals surface area (Å²) >= 11 is 0. The zero-order chi connectivity index (χ0) is 10.6. The lowest BCUT2D eigenvalue weighted by Crippen LogP contribution is -2.50. The van der Waals surface area contributed by atoms with Crippen LogP contribution in [-0.4, -0.2) is 43.7 Å². The smallest absolute Gasteiger partial charge is 0.222 e. The highest BCUT2D eigenvalue weighted by atomic mass is 16.5. The third-order valence-corrected chi connectivity index (χ3v) is 2.79. The standard InChI is InChI=1S/C10H20N2O2/c1-8-6-10(13)12(7-9(8)11)4-3-5-14-2/h8-9H,3-7,11H2,1-2H3. The highest BCUT2D eigenvalue weighted by Gasteiger charge is 2.28. The van der Waals surface area contributed by atoms with Crippen LogP contribution in [0.3, 0.4) is 0 Å². The minimum atomic E-state index is 0.134. The van der Waals surface area contributed by atoms with E-state index in [2.05, 4.69) is 0 Å². The monoisotopic (exact) mass is 200 g/mol. The van der Waals surface area contributed by atoms with Gasteiger partial charge in [0.2, 0.25) is 5.91 Å². The Balaban J connectivity index is 2.33. The van der Waals surface area contributed by atoms with Crippen molar-refractivity contribution < 1.29 is 9.53 Å². The lowest BCUT2D eigenvalue weighted by Gasteiger charge is -2.34. The van der Waals surface area contributed by atoms with Crippen molar-refractivity contribution in [3.05, 3.63) is 0 Å². The summed E-state index contributed by atoms with van der Waals surface area (Å²) in [5, 5.41) is 0. The lowest BCUT2D eigenvalue weighted by molar-refractivity contribution is -0.135. The number of hydrogen-bond acceptors (Lipinski definition) is 3. The molecule has 2 unspecified atom stereocenters. The van der Waals surface area contributed by atoms with E-state index in [0.717, 1.165) is 13.0 Å². The highest BCUT2D eigenvalue weighted by molar-refractivity contribution is 5.77. The van der Waals surface area contributed by atoms with Gasteiger partial charge in [-0.1, -0.05) is 6.92 Å². The van der Waals surface area contributed by atoms with Gasteiger partial charge in [0, 0.05) is 39.3 Å². The molecule has 0 aromatic carbocycles. The number of ether oxygens (including phenoxy) is 1. The van der Waals surface area contributed by atoms with E-state index in [-0.39, 0.29) is 11.9 Å². The molecule has 0 radical (unpaired) electrons. The molecule has 1 amide bonds. The fourth-order valence-corrected chi connectivity index (χ4v) is 1.71. The Hall–Kier alpha value is -0.610. The summed E-state index contributed by atoms with van der Waals surface area (Å²) in [4.78, 5) is 13.4. The molecule has 2 N–H and O–H groups in total. The number of nitrogens with zero attached hydrogens (tertiary/aromatic N) is 1. The molecular weight excluding hydrogens is 180 g/mol. The number of nitrogens with two attached hydrogens (primary N) is 1. The molecule has 2 atom stereocenters. The van der Waals surface area contributed by atoms with Crippen LogP contribution in [0.4, 0.5) is 0 Å². The molecule has 1 aliphatic rings. The molecule has 1 rings (SSSR count). The lowest BCUT2D eigenvalue weighted by atomic mass is 9.93. The molecule has 0 aliphatic carbocycles. The first-order chi connectivity index (χ1) is 6.65. The third kappa shape index (κ3) is 2.96. The molecule has 1 aliphatic heterocycles. The molecule has 4 nitrogen and oxygen atoms in total. The van der Waals surface area contributed by atoms with E-state index >= 15 is 0 Å². The predicted octanol–water partition coefficient (Wildman–Crippen LogP) is 0.219. The van der Waals surface area contributed by atoms with Gasteiger partial charge in [0.15, 0.2) is 0 Å². The zero-order valence-electron chi connectivity index (χ0n) is 9.03. The summed E-state index contributed by atoms with van der Waals surface area (Å²) in [6, 6.07) is 0.134. The fourth-order valence-electron chi connectivity index (χ4n) is 1.71. The minimum absolute atomic E-state index is 0.134. The largest absolute Gasteiger partial charge is 0.385 e. The molecule has 82 valence electrons. The van der Waals surface area contributed by atoms with Crippen LogP contribution in [0.1, 0.15) is 19.8 Å². The number of likely N-dealkylation sites (tertiary alicyclic amines) is 1. The van der Waals surface area contributed by atoms with Gasteiger partial charge in [-0.3, -0.25) is 4.79 Å². The van der Waals surface area contributed by atoms with Crippen molar-refractivity contribution in [1.29, 1.82) is 0 Å². The summed E-state index contributed by atoms with van der Waals surface area (Å²) < 4.78 is 4.95. The first-order valence-electron chi connectivity index (χ1n) is 5.17. The Morgan fingerprint density at radius 2 is 2.36 bits per heavy atom. The topological polar surface area (TPSA) is 55.6 Å². The summed E-state index contributed by atoms with van der Waals surface area (Å²) in [7, 11) is 1.67. The summed E-state index contributed by atoms with van der Waals surface area (Å²) in [6.07, 6.45) is 1.48. The van der Waals surface area contributed by atoms with Crippen LogP contribution in [0.2, 0.25) is 0 Å². The molecule has 14 heavy (non-hydrogen) atoms. The van der Waals surface area contributed by atoms with Gasteiger partial charge in [-0.2, -0.15) is 0 Å². The van der Waals surface area contributed by atoms with Crippen molar-refractivity contribution in [2.45, 2.75) is 25.8 Å². The Kier molecular flexibility index (Phi) is 4.35. The first kappa shape index (κ1) is 11.5. The quantitative estimate of drug-likeness (QED) is 0.660. The molecule has 0 aromatic rings. The van der Waals surface area contributed by atoms with Gasteiger partial charge in [0.05, 0.1) is 0 Å². The van der Waals surface area contributed by atoms with Gasteiger partial charge in [-0.25, -0.2) is 0 Å². The number of methoxy groups -OCH3 is 1. The zero-order valence-corrected chi connectivity index (χ0v) is 9.03. The van der Waals surface area contributed by atoms with Crippen molar-refractivity contribution >= 4 is 5.91 Å². The van der Waals surface area contributed by atoms with Crippen LogP contribution in [0.25, 0.3) is 0 Å². The Labute approximate surface area is 85.4 Å². The average molecular weight is 200 g/mol. The Morgan fingerprint density at radius 3 is 3.00 bits per heavy atom. The molecule has 0 aromatic heterocycles. The van der Waals surface area contributed by atoms with Crippen LogP contribution < -0.4 is 5.73 Å². The van der Waals surface area contributed by atoms with Gasteiger partial charge >= 0.3 is 0 Å². The fraction of sp³-hybridized carbons (Fsp3) is 0.900. The second kappa shape index (κ2) is 5.32. The second-order valence-electron chi connectivity index (χ2n) is 4.03. The van der Waals surface area contributed by atoms with E-state index in [4.69, 9.17) is 10.5 Å². The van der Waals surface area contributed by atoms with Gasteiger partial charge in [-0.05, 0) is 12.3 Å². The number of hydrogen-bond donors (Lipinski definition) is 1. The van der Waals surface area contributed by atoms with Crippen LogP contribution in [0, 0.1) is 5.92 Å².